The highest BCUT2D eigenvalue weighted by Crippen LogP contribution is 2.43. The van der Waals surface area contributed by atoms with E-state index in [4.69, 9.17) is 5.73 Å². The fourth-order valence-corrected chi connectivity index (χ4v) is 3.84. The van der Waals surface area contributed by atoms with Crippen LogP contribution in [-0.4, -0.2) is 6.54 Å². The van der Waals surface area contributed by atoms with Gasteiger partial charge in [0.2, 0.25) is 0 Å². The molecule has 78 valence electrons. The predicted molar refractivity (Wildman–Crippen MR) is 63.0 cm³/mol. The van der Waals surface area contributed by atoms with Gasteiger partial charge in [0.05, 0.1) is 0 Å². The molecule has 1 saturated carbocycles. The number of aryl methyl sites for hydroxylation is 2. The predicted octanol–water partition coefficient (Wildman–Crippen LogP) is 3.14. The van der Waals surface area contributed by atoms with Gasteiger partial charge in [0.25, 0.3) is 0 Å². The smallest absolute Gasteiger partial charge is 0.00865 e. The van der Waals surface area contributed by atoms with E-state index >= 15 is 0 Å². The van der Waals surface area contributed by atoms with Crippen LogP contribution in [0.5, 0.6) is 0 Å². The topological polar surface area (TPSA) is 26.0 Å². The lowest BCUT2D eigenvalue weighted by Gasteiger charge is -2.27. The molecule has 1 aliphatic rings. The van der Waals surface area contributed by atoms with E-state index in [0.717, 1.165) is 6.54 Å². The molecule has 1 aliphatic carbocycles. The number of hydrogen-bond acceptors (Lipinski definition) is 2. The first-order valence-electron chi connectivity index (χ1n) is 5.45. The van der Waals surface area contributed by atoms with E-state index in [1.165, 1.54) is 35.4 Å². The lowest BCUT2D eigenvalue weighted by atomic mass is 9.79. The molecule has 1 nitrogen and oxygen atoms in total. The Labute approximate surface area is 90.3 Å². The van der Waals surface area contributed by atoms with Crippen molar-refractivity contribution >= 4 is 11.3 Å². The average Bonchev–Trinajstić information content (AvgIpc) is 2.73. The molecule has 2 rings (SSSR count). The standard InChI is InChI=1S/C12H19NS/c1-9-7-11(10(2)14-9)12(8-13)5-3-4-6-12/h7H,3-6,8,13H2,1-2H3. The number of hydrogen-bond donors (Lipinski definition) is 1. The third-order valence-electron chi connectivity index (χ3n) is 3.56. The highest BCUT2D eigenvalue weighted by Gasteiger charge is 2.35. The molecule has 2 N–H and O–H groups in total. The molecule has 0 unspecified atom stereocenters. The van der Waals surface area contributed by atoms with E-state index in [9.17, 15) is 0 Å². The van der Waals surface area contributed by atoms with E-state index in [0.29, 0.717) is 5.41 Å². The minimum absolute atomic E-state index is 0.328. The molecule has 0 atom stereocenters. The molecule has 1 aromatic heterocycles. The van der Waals surface area contributed by atoms with Gasteiger partial charge in [-0.3, -0.25) is 0 Å². The maximum atomic E-state index is 5.98. The Balaban J connectivity index is 2.40. The molecule has 0 bridgehead atoms. The Morgan fingerprint density at radius 3 is 2.43 bits per heavy atom. The molecule has 0 aromatic carbocycles. The van der Waals surface area contributed by atoms with Crippen molar-refractivity contribution in [3.05, 3.63) is 21.4 Å². The Kier molecular flexibility index (Phi) is 2.67. The van der Waals surface area contributed by atoms with E-state index in [2.05, 4.69) is 19.9 Å². The molecule has 0 radical (unpaired) electrons. The summed E-state index contributed by atoms with van der Waals surface area (Å²) >= 11 is 1.91. The number of thiophene rings is 1. The summed E-state index contributed by atoms with van der Waals surface area (Å²) in [4.78, 5) is 2.91. The Morgan fingerprint density at radius 2 is 2.00 bits per heavy atom. The quantitative estimate of drug-likeness (QED) is 0.795. The second kappa shape index (κ2) is 3.67. The van der Waals surface area contributed by atoms with E-state index in [1.807, 2.05) is 11.3 Å². The molecular weight excluding hydrogens is 190 g/mol. The van der Waals surface area contributed by atoms with Crippen LogP contribution in [0.15, 0.2) is 6.07 Å². The summed E-state index contributed by atoms with van der Waals surface area (Å²) in [6, 6.07) is 2.36. The summed E-state index contributed by atoms with van der Waals surface area (Å²) < 4.78 is 0. The minimum atomic E-state index is 0.328. The number of nitrogens with two attached hydrogens (primary N) is 1. The van der Waals surface area contributed by atoms with Crippen LogP contribution in [0.25, 0.3) is 0 Å². The van der Waals surface area contributed by atoms with Crippen molar-refractivity contribution in [2.75, 3.05) is 6.54 Å². The normalized spacial score (nSPS) is 20.2. The van der Waals surface area contributed by atoms with Crippen LogP contribution in [0.2, 0.25) is 0 Å². The zero-order valence-corrected chi connectivity index (χ0v) is 9.91. The van der Waals surface area contributed by atoms with Crippen LogP contribution in [0.4, 0.5) is 0 Å². The third-order valence-corrected chi connectivity index (χ3v) is 4.53. The van der Waals surface area contributed by atoms with Crippen molar-refractivity contribution in [2.24, 2.45) is 5.73 Å². The van der Waals surface area contributed by atoms with Gasteiger partial charge in [-0.05, 0) is 38.3 Å². The Hall–Kier alpha value is -0.340. The van der Waals surface area contributed by atoms with E-state index < -0.39 is 0 Å². The first kappa shape index (κ1) is 10.2. The van der Waals surface area contributed by atoms with Crippen molar-refractivity contribution in [1.29, 1.82) is 0 Å². The van der Waals surface area contributed by atoms with Gasteiger partial charge < -0.3 is 5.73 Å². The molecule has 1 fully saturated rings. The van der Waals surface area contributed by atoms with Gasteiger partial charge in [0.1, 0.15) is 0 Å². The van der Waals surface area contributed by atoms with Gasteiger partial charge >= 0.3 is 0 Å². The molecule has 1 aromatic rings. The largest absolute Gasteiger partial charge is 0.330 e. The van der Waals surface area contributed by atoms with Crippen molar-refractivity contribution < 1.29 is 0 Å². The fraction of sp³-hybridized carbons (Fsp3) is 0.667. The molecule has 2 heteroatoms. The van der Waals surface area contributed by atoms with Crippen LogP contribution in [-0.2, 0) is 5.41 Å². The van der Waals surface area contributed by atoms with Crippen LogP contribution in [0, 0.1) is 13.8 Å². The van der Waals surface area contributed by atoms with Crippen molar-refractivity contribution in [3.63, 3.8) is 0 Å². The highest BCUT2D eigenvalue weighted by molar-refractivity contribution is 7.12. The average molecular weight is 209 g/mol. The third kappa shape index (κ3) is 1.51. The minimum Gasteiger partial charge on any atom is -0.330 e. The molecule has 1 heterocycles. The van der Waals surface area contributed by atoms with Crippen LogP contribution in [0.1, 0.15) is 41.0 Å². The fourth-order valence-electron chi connectivity index (χ4n) is 2.79. The van der Waals surface area contributed by atoms with Gasteiger partial charge in [-0.15, -0.1) is 11.3 Å². The molecule has 0 amide bonds. The molecule has 0 saturated heterocycles. The van der Waals surface area contributed by atoms with E-state index in [1.54, 1.807) is 5.56 Å². The Bertz CT molecular complexity index is 321. The summed E-state index contributed by atoms with van der Waals surface area (Å²) in [5.74, 6) is 0. The summed E-state index contributed by atoms with van der Waals surface area (Å²) in [5, 5.41) is 0. The maximum absolute atomic E-state index is 5.98. The summed E-state index contributed by atoms with van der Waals surface area (Å²) in [5.41, 5.74) is 7.85. The van der Waals surface area contributed by atoms with Gasteiger partial charge in [-0.2, -0.15) is 0 Å². The first-order valence-corrected chi connectivity index (χ1v) is 6.27. The van der Waals surface area contributed by atoms with Crippen molar-refractivity contribution in [2.45, 2.75) is 44.9 Å². The monoisotopic (exact) mass is 209 g/mol. The zero-order chi connectivity index (χ0) is 10.2. The lowest BCUT2D eigenvalue weighted by molar-refractivity contribution is 0.452. The SMILES string of the molecule is Cc1cc(C2(CN)CCCC2)c(C)s1. The second-order valence-electron chi connectivity index (χ2n) is 4.52. The van der Waals surface area contributed by atoms with Gasteiger partial charge in [-0.1, -0.05) is 12.8 Å². The van der Waals surface area contributed by atoms with Crippen LogP contribution < -0.4 is 5.73 Å². The van der Waals surface area contributed by atoms with Gasteiger partial charge in [0, 0.05) is 21.7 Å². The number of rotatable bonds is 2. The van der Waals surface area contributed by atoms with Crippen LogP contribution in [0.3, 0.4) is 0 Å². The maximum Gasteiger partial charge on any atom is 0.00865 e. The van der Waals surface area contributed by atoms with Gasteiger partial charge in [-0.25, -0.2) is 0 Å². The lowest BCUT2D eigenvalue weighted by Crippen LogP contribution is -2.32. The highest BCUT2D eigenvalue weighted by atomic mass is 32.1. The second-order valence-corrected chi connectivity index (χ2v) is 5.98. The van der Waals surface area contributed by atoms with Crippen molar-refractivity contribution in [1.82, 2.24) is 0 Å². The summed E-state index contributed by atoms with van der Waals surface area (Å²) in [7, 11) is 0. The molecule has 14 heavy (non-hydrogen) atoms. The zero-order valence-electron chi connectivity index (χ0n) is 9.10. The van der Waals surface area contributed by atoms with Gasteiger partial charge in [0.15, 0.2) is 0 Å². The Morgan fingerprint density at radius 1 is 1.36 bits per heavy atom. The van der Waals surface area contributed by atoms with Crippen molar-refractivity contribution in [3.8, 4) is 0 Å². The summed E-state index contributed by atoms with van der Waals surface area (Å²) in [6.07, 6.45) is 5.29. The summed E-state index contributed by atoms with van der Waals surface area (Å²) in [6.45, 7) is 5.26. The molecule has 0 aliphatic heterocycles. The molecular formula is C12H19NS. The van der Waals surface area contributed by atoms with E-state index in [-0.39, 0.29) is 0 Å². The van der Waals surface area contributed by atoms with Crippen LogP contribution >= 0.6 is 11.3 Å². The molecule has 0 spiro atoms. The first-order chi connectivity index (χ1) is 6.68.